The summed E-state index contributed by atoms with van der Waals surface area (Å²) in [5, 5.41) is 5.49. The number of hydrogen-bond donors (Lipinski definition) is 1. The van der Waals surface area contributed by atoms with Gasteiger partial charge in [0.2, 0.25) is 0 Å². The number of nitrogens with zero attached hydrogens (tertiary/aromatic N) is 1. The van der Waals surface area contributed by atoms with Gasteiger partial charge in [-0.15, -0.1) is 11.3 Å². The molecule has 1 heterocycles. The molecule has 0 radical (unpaired) electrons. The summed E-state index contributed by atoms with van der Waals surface area (Å²) in [6, 6.07) is 6.70. The molecule has 0 saturated heterocycles. The van der Waals surface area contributed by atoms with Crippen LogP contribution in [0.4, 0.5) is 0 Å². The van der Waals surface area contributed by atoms with Crippen LogP contribution in [0.2, 0.25) is 5.02 Å². The van der Waals surface area contributed by atoms with Gasteiger partial charge in [-0.1, -0.05) is 30.7 Å². The van der Waals surface area contributed by atoms with Gasteiger partial charge in [0.05, 0.1) is 5.69 Å². The predicted octanol–water partition coefficient (Wildman–Crippen LogP) is 4.76. The lowest BCUT2D eigenvalue weighted by atomic mass is 9.98. The predicted molar refractivity (Wildman–Crippen MR) is 86.7 cm³/mol. The molecule has 3 rings (SSSR count). The minimum Gasteiger partial charge on any atom is -0.309 e. The van der Waals surface area contributed by atoms with Gasteiger partial charge in [0.1, 0.15) is 5.01 Å². The molecule has 1 aliphatic rings. The molecule has 1 unspecified atom stereocenters. The van der Waals surface area contributed by atoms with E-state index in [1.165, 1.54) is 23.4 Å². The number of benzene rings is 1. The largest absolute Gasteiger partial charge is 0.309 e. The highest BCUT2D eigenvalue weighted by atomic mass is 35.5. The highest BCUT2D eigenvalue weighted by Crippen LogP contribution is 2.38. The van der Waals surface area contributed by atoms with Crippen molar-refractivity contribution in [2.75, 3.05) is 6.54 Å². The Hall–Kier alpha value is -0.900. The molecule has 1 N–H and O–H groups in total. The van der Waals surface area contributed by atoms with Gasteiger partial charge in [0, 0.05) is 21.5 Å². The maximum atomic E-state index is 6.23. The van der Waals surface area contributed by atoms with Gasteiger partial charge in [-0.3, -0.25) is 0 Å². The molecular weight excluding hydrogens is 288 g/mol. The summed E-state index contributed by atoms with van der Waals surface area (Å²) >= 11 is 8.05. The first-order valence-electron chi connectivity index (χ1n) is 7.18. The van der Waals surface area contributed by atoms with Crippen molar-refractivity contribution < 1.29 is 0 Å². The van der Waals surface area contributed by atoms with Gasteiger partial charge >= 0.3 is 0 Å². The Balaban J connectivity index is 1.97. The molecule has 0 aliphatic heterocycles. The van der Waals surface area contributed by atoms with Gasteiger partial charge in [-0.05, 0) is 44.4 Å². The van der Waals surface area contributed by atoms with Crippen LogP contribution in [0.15, 0.2) is 18.2 Å². The summed E-state index contributed by atoms with van der Waals surface area (Å²) in [7, 11) is 0. The van der Waals surface area contributed by atoms with Gasteiger partial charge in [0.15, 0.2) is 0 Å². The standard InChI is InChI=1S/C16H19ClN2S/c1-3-18-13-5-4-6-14-15(13)20-16(19-14)11-8-7-10(2)12(17)9-11/h7-9,13,18H,3-6H2,1-2H3. The number of rotatable bonds is 3. The summed E-state index contributed by atoms with van der Waals surface area (Å²) in [6.45, 7) is 5.20. The fraction of sp³-hybridized carbons (Fsp3) is 0.438. The Bertz CT molecular complexity index is 621. The minimum absolute atomic E-state index is 0.482. The number of aromatic nitrogens is 1. The summed E-state index contributed by atoms with van der Waals surface area (Å²) in [4.78, 5) is 6.27. The monoisotopic (exact) mass is 306 g/mol. The first kappa shape index (κ1) is 14.1. The van der Waals surface area contributed by atoms with E-state index in [0.717, 1.165) is 34.1 Å². The van der Waals surface area contributed by atoms with Crippen molar-refractivity contribution in [3.05, 3.63) is 39.4 Å². The second-order valence-corrected chi connectivity index (χ2v) is 6.73. The Morgan fingerprint density at radius 2 is 2.30 bits per heavy atom. The van der Waals surface area contributed by atoms with Gasteiger partial charge in [-0.2, -0.15) is 0 Å². The van der Waals surface area contributed by atoms with Crippen LogP contribution in [0.3, 0.4) is 0 Å². The van der Waals surface area contributed by atoms with Crippen LogP contribution in [0.25, 0.3) is 10.6 Å². The van der Waals surface area contributed by atoms with E-state index < -0.39 is 0 Å². The van der Waals surface area contributed by atoms with Gasteiger partial charge < -0.3 is 5.32 Å². The molecule has 4 heteroatoms. The lowest BCUT2D eigenvalue weighted by molar-refractivity contribution is 0.476. The van der Waals surface area contributed by atoms with Gasteiger partial charge in [-0.25, -0.2) is 4.98 Å². The molecular formula is C16H19ClN2S. The van der Waals surface area contributed by atoms with Crippen molar-refractivity contribution in [1.29, 1.82) is 0 Å². The molecule has 1 aromatic heterocycles. The summed E-state index contributed by atoms with van der Waals surface area (Å²) in [5.41, 5.74) is 3.52. The zero-order valence-electron chi connectivity index (χ0n) is 11.9. The highest BCUT2D eigenvalue weighted by Gasteiger charge is 2.24. The van der Waals surface area contributed by atoms with E-state index in [-0.39, 0.29) is 0 Å². The quantitative estimate of drug-likeness (QED) is 0.884. The summed E-state index contributed by atoms with van der Waals surface area (Å²) < 4.78 is 0. The maximum absolute atomic E-state index is 6.23. The average Bonchev–Trinajstić information content (AvgIpc) is 2.87. The SMILES string of the molecule is CCNC1CCCc2nc(-c3ccc(C)c(Cl)c3)sc21. The highest BCUT2D eigenvalue weighted by molar-refractivity contribution is 7.15. The first-order chi connectivity index (χ1) is 9.69. The van der Waals surface area contributed by atoms with Crippen LogP contribution in [0.1, 0.15) is 41.9 Å². The number of aryl methyl sites for hydroxylation is 2. The van der Waals surface area contributed by atoms with Crippen molar-refractivity contribution >= 4 is 22.9 Å². The number of fused-ring (bicyclic) bond motifs is 1. The van der Waals surface area contributed by atoms with Crippen LogP contribution in [0, 0.1) is 6.92 Å². The van der Waals surface area contributed by atoms with E-state index >= 15 is 0 Å². The van der Waals surface area contributed by atoms with Crippen molar-refractivity contribution in [1.82, 2.24) is 10.3 Å². The van der Waals surface area contributed by atoms with E-state index in [9.17, 15) is 0 Å². The van der Waals surface area contributed by atoms with Crippen LogP contribution >= 0.6 is 22.9 Å². The second kappa shape index (κ2) is 5.84. The van der Waals surface area contributed by atoms with Crippen LogP contribution in [-0.2, 0) is 6.42 Å². The molecule has 0 saturated carbocycles. The fourth-order valence-electron chi connectivity index (χ4n) is 2.71. The number of halogens is 1. The molecule has 2 nitrogen and oxygen atoms in total. The zero-order valence-corrected chi connectivity index (χ0v) is 13.4. The van der Waals surface area contributed by atoms with Crippen LogP contribution in [0.5, 0.6) is 0 Å². The second-order valence-electron chi connectivity index (χ2n) is 5.30. The molecule has 0 amide bonds. The fourth-order valence-corrected chi connectivity index (χ4v) is 4.11. The third-order valence-corrected chi connectivity index (χ3v) is 5.49. The zero-order chi connectivity index (χ0) is 14.1. The van der Waals surface area contributed by atoms with Crippen molar-refractivity contribution in [3.8, 4) is 10.6 Å². The van der Waals surface area contributed by atoms with Crippen molar-refractivity contribution in [2.24, 2.45) is 0 Å². The van der Waals surface area contributed by atoms with E-state index in [2.05, 4.69) is 24.4 Å². The Morgan fingerprint density at radius 1 is 1.45 bits per heavy atom. The molecule has 0 fully saturated rings. The number of nitrogens with one attached hydrogen (secondary N) is 1. The lowest BCUT2D eigenvalue weighted by Gasteiger charge is -2.21. The molecule has 1 aromatic carbocycles. The molecule has 20 heavy (non-hydrogen) atoms. The topological polar surface area (TPSA) is 24.9 Å². The Labute approximate surface area is 129 Å². The number of hydrogen-bond acceptors (Lipinski definition) is 3. The molecule has 1 aliphatic carbocycles. The lowest BCUT2D eigenvalue weighted by Crippen LogP contribution is -2.23. The first-order valence-corrected chi connectivity index (χ1v) is 8.38. The molecule has 2 aromatic rings. The van der Waals surface area contributed by atoms with Crippen LogP contribution < -0.4 is 5.32 Å². The number of thiazole rings is 1. The minimum atomic E-state index is 0.482. The molecule has 1 atom stereocenters. The van der Waals surface area contributed by atoms with Crippen molar-refractivity contribution in [3.63, 3.8) is 0 Å². The van der Waals surface area contributed by atoms with E-state index in [1.807, 2.05) is 24.3 Å². The van der Waals surface area contributed by atoms with E-state index in [0.29, 0.717) is 6.04 Å². The summed E-state index contributed by atoms with van der Waals surface area (Å²) in [6.07, 6.45) is 3.55. The maximum Gasteiger partial charge on any atom is 0.123 e. The smallest absolute Gasteiger partial charge is 0.123 e. The third-order valence-electron chi connectivity index (χ3n) is 3.82. The van der Waals surface area contributed by atoms with Gasteiger partial charge in [0.25, 0.3) is 0 Å². The molecule has 106 valence electrons. The van der Waals surface area contributed by atoms with Crippen molar-refractivity contribution in [2.45, 2.75) is 39.2 Å². The third kappa shape index (κ3) is 2.62. The average molecular weight is 307 g/mol. The summed E-state index contributed by atoms with van der Waals surface area (Å²) in [5.74, 6) is 0. The molecule has 0 bridgehead atoms. The Kier molecular flexibility index (Phi) is 4.11. The Morgan fingerprint density at radius 3 is 3.05 bits per heavy atom. The normalized spacial score (nSPS) is 18.1. The van der Waals surface area contributed by atoms with E-state index in [4.69, 9.17) is 16.6 Å². The van der Waals surface area contributed by atoms with E-state index in [1.54, 1.807) is 0 Å². The van der Waals surface area contributed by atoms with Crippen LogP contribution in [-0.4, -0.2) is 11.5 Å². The molecule has 0 spiro atoms.